The van der Waals surface area contributed by atoms with E-state index < -0.39 is 5.60 Å². The minimum Gasteiger partial charge on any atom is -0.385 e. The molecule has 1 heterocycles. The number of nitrogens with zero attached hydrogens (tertiary/aromatic N) is 1. The first kappa shape index (κ1) is 12.6. The van der Waals surface area contributed by atoms with Gasteiger partial charge >= 0.3 is 0 Å². The maximum absolute atomic E-state index is 11.1. The Morgan fingerprint density at radius 3 is 2.84 bits per heavy atom. The van der Waals surface area contributed by atoms with Gasteiger partial charge in [0.05, 0.1) is 5.60 Å². The molecule has 0 spiro atoms. The minimum atomic E-state index is -0.674. The average molecular weight is 255 g/mol. The highest BCUT2D eigenvalue weighted by atomic mass is 16.3. The van der Waals surface area contributed by atoms with Crippen LogP contribution in [-0.2, 0) is 5.60 Å². The predicted octanol–water partition coefficient (Wildman–Crippen LogP) is 3.88. The molecule has 3 rings (SSSR count). The lowest BCUT2D eigenvalue weighted by Crippen LogP contribution is -2.35. The zero-order valence-corrected chi connectivity index (χ0v) is 11.6. The van der Waals surface area contributed by atoms with E-state index in [4.69, 9.17) is 0 Å². The van der Waals surface area contributed by atoms with Gasteiger partial charge in [-0.05, 0) is 48.1 Å². The quantitative estimate of drug-likeness (QED) is 0.839. The van der Waals surface area contributed by atoms with Crippen LogP contribution in [0.4, 0.5) is 0 Å². The highest BCUT2D eigenvalue weighted by Gasteiger charge is 2.38. The SMILES string of the molecule is CC1CCC(O)(c2cccc3cnccc23)CC1C. The van der Waals surface area contributed by atoms with Gasteiger partial charge < -0.3 is 5.11 Å². The van der Waals surface area contributed by atoms with E-state index in [0.717, 1.165) is 35.6 Å². The third kappa shape index (κ3) is 2.14. The second-order valence-corrected chi connectivity index (χ2v) is 6.13. The van der Waals surface area contributed by atoms with Gasteiger partial charge in [-0.2, -0.15) is 0 Å². The Morgan fingerprint density at radius 1 is 1.21 bits per heavy atom. The molecule has 1 aromatic heterocycles. The standard InChI is InChI=1S/C17H21NO/c1-12-6-8-17(19,10-13(12)2)16-5-3-4-14-11-18-9-7-15(14)16/h3-5,7,9,11-13,19H,6,8,10H2,1-2H3. The zero-order chi connectivity index (χ0) is 13.5. The molecule has 2 heteroatoms. The topological polar surface area (TPSA) is 33.1 Å². The van der Waals surface area contributed by atoms with Gasteiger partial charge in [-0.3, -0.25) is 4.98 Å². The van der Waals surface area contributed by atoms with Crippen molar-refractivity contribution in [3.8, 4) is 0 Å². The third-order valence-electron chi connectivity index (χ3n) is 4.83. The molecule has 19 heavy (non-hydrogen) atoms. The van der Waals surface area contributed by atoms with Gasteiger partial charge in [-0.25, -0.2) is 0 Å². The van der Waals surface area contributed by atoms with Crippen LogP contribution in [0.25, 0.3) is 10.8 Å². The summed E-state index contributed by atoms with van der Waals surface area (Å²) in [5, 5.41) is 13.4. The van der Waals surface area contributed by atoms with Gasteiger partial charge in [-0.1, -0.05) is 32.0 Å². The van der Waals surface area contributed by atoms with E-state index in [2.05, 4.69) is 31.0 Å². The summed E-state index contributed by atoms with van der Waals surface area (Å²) in [4.78, 5) is 4.17. The maximum Gasteiger partial charge on any atom is 0.0905 e. The molecular formula is C17H21NO. The predicted molar refractivity (Wildman–Crippen MR) is 77.8 cm³/mol. The van der Waals surface area contributed by atoms with E-state index in [1.165, 1.54) is 0 Å². The summed E-state index contributed by atoms with van der Waals surface area (Å²) >= 11 is 0. The average Bonchev–Trinajstić information content (AvgIpc) is 2.43. The van der Waals surface area contributed by atoms with Crippen molar-refractivity contribution >= 4 is 10.8 Å². The first-order chi connectivity index (χ1) is 9.10. The van der Waals surface area contributed by atoms with E-state index in [1.54, 1.807) is 0 Å². The number of hydrogen-bond acceptors (Lipinski definition) is 2. The molecule has 2 aromatic rings. The van der Waals surface area contributed by atoms with Crippen molar-refractivity contribution in [1.29, 1.82) is 0 Å². The molecule has 3 unspecified atom stereocenters. The lowest BCUT2D eigenvalue weighted by atomic mass is 9.70. The van der Waals surface area contributed by atoms with E-state index in [-0.39, 0.29) is 0 Å². The van der Waals surface area contributed by atoms with Gasteiger partial charge in [0.1, 0.15) is 0 Å². The fourth-order valence-electron chi connectivity index (χ4n) is 3.36. The van der Waals surface area contributed by atoms with Crippen molar-refractivity contribution in [1.82, 2.24) is 4.98 Å². The highest BCUT2D eigenvalue weighted by Crippen LogP contribution is 2.44. The first-order valence-corrected chi connectivity index (χ1v) is 7.16. The molecule has 0 bridgehead atoms. The Kier molecular flexibility index (Phi) is 3.06. The third-order valence-corrected chi connectivity index (χ3v) is 4.83. The van der Waals surface area contributed by atoms with Crippen molar-refractivity contribution in [3.63, 3.8) is 0 Å². The number of hydrogen-bond donors (Lipinski definition) is 1. The first-order valence-electron chi connectivity index (χ1n) is 7.16. The summed E-state index contributed by atoms with van der Waals surface area (Å²) in [6, 6.07) is 8.18. The van der Waals surface area contributed by atoms with Crippen molar-refractivity contribution in [2.45, 2.75) is 38.7 Å². The Labute approximate surface area is 114 Å². The molecule has 100 valence electrons. The fraction of sp³-hybridized carbons (Fsp3) is 0.471. The maximum atomic E-state index is 11.1. The molecule has 1 saturated carbocycles. The molecule has 2 nitrogen and oxygen atoms in total. The molecule has 0 amide bonds. The number of aliphatic hydroxyl groups is 1. The Morgan fingerprint density at radius 2 is 2.05 bits per heavy atom. The van der Waals surface area contributed by atoms with Crippen molar-refractivity contribution in [2.75, 3.05) is 0 Å². The molecule has 1 fully saturated rings. The summed E-state index contributed by atoms with van der Waals surface area (Å²) in [5.41, 5.74) is 0.401. The highest BCUT2D eigenvalue weighted by molar-refractivity contribution is 5.85. The molecule has 0 aliphatic heterocycles. The zero-order valence-electron chi connectivity index (χ0n) is 11.6. The largest absolute Gasteiger partial charge is 0.385 e. The Bertz CT molecular complexity index is 589. The summed E-state index contributed by atoms with van der Waals surface area (Å²) in [5.74, 6) is 1.27. The fourth-order valence-corrected chi connectivity index (χ4v) is 3.36. The molecule has 1 aliphatic rings. The van der Waals surface area contributed by atoms with E-state index >= 15 is 0 Å². The second kappa shape index (κ2) is 4.61. The summed E-state index contributed by atoms with van der Waals surface area (Å²) in [6.07, 6.45) is 6.50. The number of fused-ring (bicyclic) bond motifs is 1. The molecule has 0 saturated heterocycles. The van der Waals surface area contributed by atoms with E-state index in [9.17, 15) is 5.11 Å². The number of rotatable bonds is 1. The molecule has 1 aromatic carbocycles. The van der Waals surface area contributed by atoms with Crippen LogP contribution in [0.2, 0.25) is 0 Å². The van der Waals surface area contributed by atoms with E-state index in [0.29, 0.717) is 11.8 Å². The Balaban J connectivity index is 2.09. The number of benzene rings is 1. The summed E-state index contributed by atoms with van der Waals surface area (Å²) < 4.78 is 0. The molecular weight excluding hydrogens is 234 g/mol. The monoisotopic (exact) mass is 255 g/mol. The van der Waals surface area contributed by atoms with Gasteiger partial charge in [0, 0.05) is 17.8 Å². The Hall–Kier alpha value is -1.41. The smallest absolute Gasteiger partial charge is 0.0905 e. The van der Waals surface area contributed by atoms with Crippen LogP contribution < -0.4 is 0 Å². The van der Waals surface area contributed by atoms with Gasteiger partial charge in [0.25, 0.3) is 0 Å². The molecule has 3 atom stereocenters. The lowest BCUT2D eigenvalue weighted by molar-refractivity contribution is -0.0324. The van der Waals surface area contributed by atoms with Gasteiger partial charge in [-0.15, -0.1) is 0 Å². The number of aromatic nitrogens is 1. The van der Waals surface area contributed by atoms with Crippen molar-refractivity contribution in [3.05, 3.63) is 42.2 Å². The van der Waals surface area contributed by atoms with Crippen LogP contribution >= 0.6 is 0 Å². The van der Waals surface area contributed by atoms with Crippen LogP contribution in [0, 0.1) is 11.8 Å². The minimum absolute atomic E-state index is 0.566. The molecule has 1 aliphatic carbocycles. The van der Waals surface area contributed by atoms with Gasteiger partial charge in [0.15, 0.2) is 0 Å². The van der Waals surface area contributed by atoms with Crippen LogP contribution in [0.15, 0.2) is 36.7 Å². The summed E-state index contributed by atoms with van der Waals surface area (Å²) in [6.45, 7) is 4.54. The van der Waals surface area contributed by atoms with E-state index in [1.807, 2.05) is 24.5 Å². The number of pyridine rings is 1. The summed E-state index contributed by atoms with van der Waals surface area (Å²) in [7, 11) is 0. The molecule has 1 N–H and O–H groups in total. The van der Waals surface area contributed by atoms with Gasteiger partial charge in [0.2, 0.25) is 0 Å². The van der Waals surface area contributed by atoms with Crippen LogP contribution in [-0.4, -0.2) is 10.1 Å². The lowest BCUT2D eigenvalue weighted by Gasteiger charge is -2.40. The van der Waals surface area contributed by atoms with Crippen LogP contribution in [0.1, 0.15) is 38.7 Å². The normalized spacial score (nSPS) is 31.5. The molecule has 0 radical (unpaired) electrons. The second-order valence-electron chi connectivity index (χ2n) is 6.13. The van der Waals surface area contributed by atoms with Crippen LogP contribution in [0.3, 0.4) is 0 Å². The van der Waals surface area contributed by atoms with Crippen LogP contribution in [0.5, 0.6) is 0 Å². The van der Waals surface area contributed by atoms with Crippen molar-refractivity contribution in [2.24, 2.45) is 11.8 Å². The van der Waals surface area contributed by atoms with Crippen molar-refractivity contribution < 1.29 is 5.11 Å².